The molecule has 1 N–H and O–H groups in total. The molecule has 0 radical (unpaired) electrons. The molecule has 2 aliphatic carbocycles. The van der Waals surface area contributed by atoms with E-state index in [-0.39, 0.29) is 0 Å². The molecular weight excluding hydrogens is 194 g/mol. The Hall–Kier alpha value is -0.820. The van der Waals surface area contributed by atoms with Gasteiger partial charge in [-0.15, -0.1) is 0 Å². The van der Waals surface area contributed by atoms with Crippen molar-refractivity contribution >= 4 is 0 Å². The van der Waals surface area contributed by atoms with Gasteiger partial charge in [0.2, 0.25) is 0 Å². The van der Waals surface area contributed by atoms with Crippen molar-refractivity contribution in [3.63, 3.8) is 0 Å². The lowest BCUT2D eigenvalue weighted by Crippen LogP contribution is -2.30. The Morgan fingerprint density at radius 1 is 1.06 bits per heavy atom. The lowest BCUT2D eigenvalue weighted by molar-refractivity contribution is 0.380. The minimum Gasteiger partial charge on any atom is -0.314 e. The first-order valence-corrected chi connectivity index (χ1v) is 6.70. The van der Waals surface area contributed by atoms with Crippen LogP contribution in [0.5, 0.6) is 0 Å². The van der Waals surface area contributed by atoms with E-state index in [1.807, 2.05) is 0 Å². The van der Waals surface area contributed by atoms with Crippen LogP contribution in [0.15, 0.2) is 24.3 Å². The molecule has 0 heterocycles. The van der Waals surface area contributed by atoms with Crippen LogP contribution in [-0.4, -0.2) is 12.6 Å². The molecule has 0 spiro atoms. The third-order valence-corrected chi connectivity index (χ3v) is 3.47. The summed E-state index contributed by atoms with van der Waals surface area (Å²) in [5.74, 6) is 0. The SMILES string of the molecule is CCNC1CCCCC1.c1ccc2c(c1)C2. The second-order valence-electron chi connectivity index (χ2n) is 4.84. The summed E-state index contributed by atoms with van der Waals surface area (Å²) in [5, 5.41) is 3.48. The topological polar surface area (TPSA) is 12.0 Å². The van der Waals surface area contributed by atoms with Crippen LogP contribution in [-0.2, 0) is 6.42 Å². The molecule has 0 bridgehead atoms. The van der Waals surface area contributed by atoms with Crippen molar-refractivity contribution < 1.29 is 0 Å². The van der Waals surface area contributed by atoms with Crippen LogP contribution in [0.2, 0.25) is 0 Å². The average Bonchev–Trinajstić information content (AvgIpc) is 3.11. The number of benzene rings is 1. The molecule has 0 aromatic heterocycles. The second-order valence-corrected chi connectivity index (χ2v) is 4.84. The van der Waals surface area contributed by atoms with E-state index >= 15 is 0 Å². The van der Waals surface area contributed by atoms with Gasteiger partial charge in [0, 0.05) is 6.04 Å². The Bertz CT molecular complexity index is 289. The molecule has 0 saturated heterocycles. The molecule has 16 heavy (non-hydrogen) atoms. The summed E-state index contributed by atoms with van der Waals surface area (Å²) < 4.78 is 0. The van der Waals surface area contributed by atoms with Gasteiger partial charge < -0.3 is 5.32 Å². The summed E-state index contributed by atoms with van der Waals surface area (Å²) in [6.07, 6.45) is 8.41. The van der Waals surface area contributed by atoms with Gasteiger partial charge in [0.15, 0.2) is 0 Å². The summed E-state index contributed by atoms with van der Waals surface area (Å²) in [6.45, 7) is 3.33. The van der Waals surface area contributed by atoms with Crippen molar-refractivity contribution in [1.29, 1.82) is 0 Å². The van der Waals surface area contributed by atoms with Crippen molar-refractivity contribution in [1.82, 2.24) is 5.32 Å². The molecule has 0 aliphatic heterocycles. The van der Waals surface area contributed by atoms with Crippen molar-refractivity contribution in [2.45, 2.75) is 51.5 Å². The van der Waals surface area contributed by atoms with Crippen molar-refractivity contribution in [3.05, 3.63) is 35.4 Å². The number of hydrogen-bond acceptors (Lipinski definition) is 1. The lowest BCUT2D eigenvalue weighted by atomic mass is 9.96. The molecule has 1 saturated carbocycles. The summed E-state index contributed by atoms with van der Waals surface area (Å²) in [7, 11) is 0. The molecule has 1 nitrogen and oxygen atoms in total. The molecule has 0 amide bonds. The van der Waals surface area contributed by atoms with Gasteiger partial charge >= 0.3 is 0 Å². The van der Waals surface area contributed by atoms with Gasteiger partial charge in [-0.3, -0.25) is 0 Å². The van der Waals surface area contributed by atoms with Gasteiger partial charge in [0.05, 0.1) is 0 Å². The zero-order valence-corrected chi connectivity index (χ0v) is 10.3. The monoisotopic (exact) mass is 217 g/mol. The third kappa shape index (κ3) is 3.64. The van der Waals surface area contributed by atoms with Crippen molar-refractivity contribution in [2.75, 3.05) is 6.54 Å². The highest BCUT2D eigenvalue weighted by Gasteiger charge is 2.12. The highest BCUT2D eigenvalue weighted by molar-refractivity contribution is 5.44. The zero-order chi connectivity index (χ0) is 11.2. The molecule has 3 rings (SSSR count). The Labute approximate surface area is 99.3 Å². The molecule has 1 aromatic rings. The molecular formula is C15H23N. The van der Waals surface area contributed by atoms with E-state index in [4.69, 9.17) is 0 Å². The van der Waals surface area contributed by atoms with E-state index in [9.17, 15) is 0 Å². The van der Waals surface area contributed by atoms with E-state index in [1.165, 1.54) is 49.7 Å². The smallest absolute Gasteiger partial charge is 0.00669 e. The predicted octanol–water partition coefficient (Wildman–Crippen LogP) is 3.52. The standard InChI is InChI=1S/C8H17N.C7H6/c1-2-9-8-6-4-3-5-7-8;1-2-4-7-5-6(7)3-1/h8-9H,2-7H2,1H3;1-4H,5H2. The normalized spacial score (nSPS) is 18.3. The first kappa shape index (κ1) is 11.7. The highest BCUT2D eigenvalue weighted by atomic mass is 14.9. The van der Waals surface area contributed by atoms with E-state index in [0.717, 1.165) is 12.6 Å². The molecule has 0 atom stereocenters. The van der Waals surface area contributed by atoms with E-state index in [2.05, 4.69) is 36.5 Å². The van der Waals surface area contributed by atoms with Gasteiger partial charge in [-0.1, -0.05) is 50.5 Å². The van der Waals surface area contributed by atoms with E-state index in [1.54, 1.807) is 0 Å². The van der Waals surface area contributed by atoms with Gasteiger partial charge in [0.1, 0.15) is 0 Å². The molecule has 1 heteroatoms. The van der Waals surface area contributed by atoms with Crippen LogP contribution in [0.4, 0.5) is 0 Å². The maximum Gasteiger partial charge on any atom is 0.00669 e. The number of fused-ring (bicyclic) bond motifs is 1. The summed E-state index contributed by atoms with van der Waals surface area (Å²) in [6, 6.07) is 9.38. The van der Waals surface area contributed by atoms with Gasteiger partial charge in [-0.05, 0) is 36.9 Å². The van der Waals surface area contributed by atoms with Crippen LogP contribution in [0.25, 0.3) is 0 Å². The van der Waals surface area contributed by atoms with Crippen LogP contribution < -0.4 is 5.32 Å². The van der Waals surface area contributed by atoms with Crippen LogP contribution in [0, 0.1) is 0 Å². The van der Waals surface area contributed by atoms with Crippen LogP contribution >= 0.6 is 0 Å². The Morgan fingerprint density at radius 2 is 1.69 bits per heavy atom. The fraction of sp³-hybridized carbons (Fsp3) is 0.600. The van der Waals surface area contributed by atoms with Gasteiger partial charge in [-0.2, -0.15) is 0 Å². The fourth-order valence-electron chi connectivity index (χ4n) is 2.43. The zero-order valence-electron chi connectivity index (χ0n) is 10.3. The second kappa shape index (κ2) is 6.05. The lowest BCUT2D eigenvalue weighted by Gasteiger charge is -2.21. The Balaban J connectivity index is 0.000000123. The van der Waals surface area contributed by atoms with Crippen LogP contribution in [0.1, 0.15) is 50.2 Å². The van der Waals surface area contributed by atoms with Gasteiger partial charge in [-0.25, -0.2) is 0 Å². The quantitative estimate of drug-likeness (QED) is 0.811. The maximum absolute atomic E-state index is 3.48. The number of hydrogen-bond donors (Lipinski definition) is 1. The van der Waals surface area contributed by atoms with Gasteiger partial charge in [0.25, 0.3) is 0 Å². The van der Waals surface area contributed by atoms with Crippen molar-refractivity contribution in [3.8, 4) is 0 Å². The average molecular weight is 217 g/mol. The van der Waals surface area contributed by atoms with E-state index in [0.29, 0.717) is 0 Å². The number of nitrogens with one attached hydrogen (secondary N) is 1. The van der Waals surface area contributed by atoms with Crippen LogP contribution in [0.3, 0.4) is 0 Å². The molecule has 88 valence electrons. The molecule has 2 aliphatic rings. The molecule has 1 fully saturated rings. The summed E-state index contributed by atoms with van der Waals surface area (Å²) in [4.78, 5) is 0. The first-order valence-electron chi connectivity index (χ1n) is 6.70. The Morgan fingerprint density at radius 3 is 2.19 bits per heavy atom. The number of rotatable bonds is 2. The van der Waals surface area contributed by atoms with Crippen molar-refractivity contribution in [2.24, 2.45) is 0 Å². The maximum atomic E-state index is 3.48. The first-order chi connectivity index (χ1) is 7.90. The minimum atomic E-state index is 0.851. The predicted molar refractivity (Wildman–Crippen MR) is 69.8 cm³/mol. The minimum absolute atomic E-state index is 0.851. The summed E-state index contributed by atoms with van der Waals surface area (Å²) >= 11 is 0. The third-order valence-electron chi connectivity index (χ3n) is 3.47. The summed E-state index contributed by atoms with van der Waals surface area (Å²) in [5.41, 5.74) is 3.06. The fourth-order valence-corrected chi connectivity index (χ4v) is 2.43. The van der Waals surface area contributed by atoms with E-state index < -0.39 is 0 Å². The largest absolute Gasteiger partial charge is 0.314 e. The Kier molecular flexibility index (Phi) is 4.41. The molecule has 1 aromatic carbocycles. The molecule has 0 unspecified atom stereocenters. The highest BCUT2D eigenvalue weighted by Crippen LogP contribution is 2.25.